The van der Waals surface area contributed by atoms with Gasteiger partial charge in [0.05, 0.1) is 18.1 Å². The van der Waals surface area contributed by atoms with E-state index in [-0.39, 0.29) is 0 Å². The molecule has 1 fully saturated rings. The third-order valence-electron chi connectivity index (χ3n) is 2.67. The molecule has 7 heteroatoms. The Labute approximate surface area is 96.9 Å². The second-order valence-corrected chi connectivity index (χ2v) is 3.72. The molecule has 1 saturated heterocycles. The molecule has 0 bridgehead atoms. The molecule has 92 valence electrons. The second-order valence-electron chi connectivity index (χ2n) is 3.72. The van der Waals surface area contributed by atoms with Crippen molar-refractivity contribution in [1.29, 1.82) is 0 Å². The largest absolute Gasteiger partial charge is 0.391 e. The number of nitro groups is 1. The molecule has 2 rings (SSSR count). The molecule has 0 radical (unpaired) electrons. The Kier molecular flexibility index (Phi) is 3.10. The third kappa shape index (κ3) is 2.28. The molecule has 1 aromatic carbocycles. The highest BCUT2D eigenvalue weighted by Crippen LogP contribution is 2.30. The quantitative estimate of drug-likeness (QED) is 0.477. The minimum atomic E-state index is -0.763. The number of morpholine rings is 1. The van der Waals surface area contributed by atoms with Gasteiger partial charge < -0.3 is 15.4 Å². The molecular formula is C10H12FN3O3. The molecule has 0 spiro atoms. The van der Waals surface area contributed by atoms with E-state index in [1.807, 2.05) is 4.90 Å². The molecule has 1 heterocycles. The van der Waals surface area contributed by atoms with E-state index in [9.17, 15) is 14.5 Å². The number of nitro benzene ring substituents is 1. The van der Waals surface area contributed by atoms with Crippen molar-refractivity contribution in [2.24, 2.45) is 0 Å². The van der Waals surface area contributed by atoms with Gasteiger partial charge in [0.2, 0.25) is 0 Å². The fraction of sp³-hybridized carbons (Fsp3) is 0.400. The zero-order chi connectivity index (χ0) is 12.4. The Hall–Kier alpha value is -1.89. The molecule has 1 aliphatic heterocycles. The number of rotatable bonds is 2. The number of nitrogens with two attached hydrogens (primary N) is 1. The van der Waals surface area contributed by atoms with Gasteiger partial charge >= 0.3 is 0 Å². The zero-order valence-electron chi connectivity index (χ0n) is 9.06. The molecule has 2 N–H and O–H groups in total. The van der Waals surface area contributed by atoms with Crippen LogP contribution in [-0.2, 0) is 4.74 Å². The average molecular weight is 241 g/mol. The highest BCUT2D eigenvalue weighted by Gasteiger charge is 2.20. The Bertz CT molecular complexity index is 447. The van der Waals surface area contributed by atoms with Crippen LogP contribution in [0.25, 0.3) is 0 Å². The van der Waals surface area contributed by atoms with Gasteiger partial charge in [0, 0.05) is 24.8 Å². The number of hydrogen-bond donors (Lipinski definition) is 1. The first-order valence-electron chi connectivity index (χ1n) is 5.15. The van der Waals surface area contributed by atoms with Crippen molar-refractivity contribution in [3.05, 3.63) is 28.1 Å². The van der Waals surface area contributed by atoms with Gasteiger partial charge in [-0.05, 0) is 6.07 Å². The molecule has 17 heavy (non-hydrogen) atoms. The van der Waals surface area contributed by atoms with Crippen LogP contribution in [0.1, 0.15) is 0 Å². The van der Waals surface area contributed by atoms with Gasteiger partial charge in [-0.1, -0.05) is 0 Å². The summed E-state index contributed by atoms with van der Waals surface area (Å²) in [6, 6.07) is 2.51. The average Bonchev–Trinajstić information content (AvgIpc) is 2.33. The predicted octanol–water partition coefficient (Wildman–Crippen LogP) is 1.15. The third-order valence-corrected chi connectivity index (χ3v) is 2.67. The lowest BCUT2D eigenvalue weighted by Gasteiger charge is -2.28. The fourth-order valence-electron chi connectivity index (χ4n) is 1.74. The first-order valence-corrected chi connectivity index (χ1v) is 5.15. The van der Waals surface area contributed by atoms with E-state index < -0.39 is 22.1 Å². The number of hydrogen-bond acceptors (Lipinski definition) is 5. The van der Waals surface area contributed by atoms with Crippen molar-refractivity contribution in [2.75, 3.05) is 36.9 Å². The Balaban J connectivity index is 2.37. The summed E-state index contributed by atoms with van der Waals surface area (Å²) in [4.78, 5) is 11.9. The Morgan fingerprint density at radius 2 is 2.06 bits per heavy atom. The van der Waals surface area contributed by atoms with Crippen molar-refractivity contribution in [3.63, 3.8) is 0 Å². The van der Waals surface area contributed by atoms with E-state index in [0.717, 1.165) is 0 Å². The van der Waals surface area contributed by atoms with Gasteiger partial charge in [-0.3, -0.25) is 10.1 Å². The van der Waals surface area contributed by atoms with E-state index in [2.05, 4.69) is 0 Å². The summed E-state index contributed by atoms with van der Waals surface area (Å²) in [5.74, 6) is -0.763. The SMILES string of the molecule is Nc1c(F)cc(N2CCOCC2)cc1[N+](=O)[O-]. The molecular weight excluding hydrogens is 229 g/mol. The summed E-state index contributed by atoms with van der Waals surface area (Å²) in [5.41, 5.74) is 4.97. The topological polar surface area (TPSA) is 81.6 Å². The van der Waals surface area contributed by atoms with Crippen LogP contribution in [-0.4, -0.2) is 31.2 Å². The standard InChI is InChI=1S/C10H12FN3O3/c11-8-5-7(13-1-3-17-4-2-13)6-9(10(8)12)14(15)16/h5-6H,1-4,12H2. The molecule has 0 amide bonds. The number of benzene rings is 1. The smallest absolute Gasteiger partial charge is 0.297 e. The summed E-state index contributed by atoms with van der Waals surface area (Å²) in [6.45, 7) is 2.22. The molecule has 0 saturated carbocycles. The monoisotopic (exact) mass is 241 g/mol. The van der Waals surface area contributed by atoms with Gasteiger partial charge in [-0.2, -0.15) is 0 Å². The maximum Gasteiger partial charge on any atom is 0.297 e. The molecule has 0 unspecified atom stereocenters. The van der Waals surface area contributed by atoms with Gasteiger partial charge in [-0.25, -0.2) is 4.39 Å². The van der Waals surface area contributed by atoms with Crippen LogP contribution in [0.4, 0.5) is 21.5 Å². The molecule has 0 atom stereocenters. The molecule has 6 nitrogen and oxygen atoms in total. The van der Waals surface area contributed by atoms with E-state index >= 15 is 0 Å². The molecule has 0 aromatic heterocycles. The lowest BCUT2D eigenvalue weighted by molar-refractivity contribution is -0.384. The molecule has 0 aliphatic carbocycles. The minimum Gasteiger partial charge on any atom is -0.391 e. The van der Waals surface area contributed by atoms with Crippen LogP contribution in [0.5, 0.6) is 0 Å². The summed E-state index contributed by atoms with van der Waals surface area (Å²) in [6.07, 6.45) is 0. The highest BCUT2D eigenvalue weighted by atomic mass is 19.1. The minimum absolute atomic E-state index is 0.397. The molecule has 1 aliphatic rings. The summed E-state index contributed by atoms with van der Waals surface area (Å²) in [5, 5.41) is 10.7. The number of anilines is 2. The van der Waals surface area contributed by atoms with Gasteiger partial charge in [-0.15, -0.1) is 0 Å². The number of ether oxygens (including phenoxy) is 1. The first kappa shape index (κ1) is 11.6. The van der Waals surface area contributed by atoms with Crippen LogP contribution < -0.4 is 10.6 Å². The summed E-state index contributed by atoms with van der Waals surface area (Å²) >= 11 is 0. The predicted molar refractivity (Wildman–Crippen MR) is 60.5 cm³/mol. The van der Waals surface area contributed by atoms with Crippen LogP contribution >= 0.6 is 0 Å². The normalized spacial score (nSPS) is 15.9. The van der Waals surface area contributed by atoms with Crippen LogP contribution in [0.15, 0.2) is 12.1 Å². The van der Waals surface area contributed by atoms with Crippen LogP contribution in [0.3, 0.4) is 0 Å². The number of nitrogen functional groups attached to an aromatic ring is 1. The fourth-order valence-corrected chi connectivity index (χ4v) is 1.74. The van der Waals surface area contributed by atoms with E-state index in [4.69, 9.17) is 10.5 Å². The Morgan fingerprint density at radius 1 is 1.41 bits per heavy atom. The Morgan fingerprint density at radius 3 is 2.65 bits per heavy atom. The van der Waals surface area contributed by atoms with E-state index in [1.54, 1.807) is 0 Å². The zero-order valence-corrected chi connectivity index (χ0v) is 9.06. The molecule has 1 aromatic rings. The van der Waals surface area contributed by atoms with Crippen molar-refractivity contribution in [3.8, 4) is 0 Å². The van der Waals surface area contributed by atoms with Crippen molar-refractivity contribution in [2.45, 2.75) is 0 Å². The second kappa shape index (κ2) is 4.54. The first-order chi connectivity index (χ1) is 8.09. The van der Waals surface area contributed by atoms with Crippen molar-refractivity contribution < 1.29 is 14.1 Å². The van der Waals surface area contributed by atoms with Crippen LogP contribution in [0.2, 0.25) is 0 Å². The lowest BCUT2D eigenvalue weighted by atomic mass is 10.2. The van der Waals surface area contributed by atoms with Crippen molar-refractivity contribution >= 4 is 17.1 Å². The van der Waals surface area contributed by atoms with E-state index in [1.165, 1.54) is 12.1 Å². The summed E-state index contributed by atoms with van der Waals surface area (Å²) in [7, 11) is 0. The lowest BCUT2D eigenvalue weighted by Crippen LogP contribution is -2.36. The summed E-state index contributed by atoms with van der Waals surface area (Å²) < 4.78 is 18.6. The van der Waals surface area contributed by atoms with E-state index in [0.29, 0.717) is 32.0 Å². The number of halogens is 1. The van der Waals surface area contributed by atoms with Crippen LogP contribution in [0, 0.1) is 15.9 Å². The van der Waals surface area contributed by atoms with Gasteiger partial charge in [0.1, 0.15) is 5.69 Å². The maximum absolute atomic E-state index is 13.5. The van der Waals surface area contributed by atoms with Gasteiger partial charge in [0.25, 0.3) is 5.69 Å². The van der Waals surface area contributed by atoms with Crippen molar-refractivity contribution in [1.82, 2.24) is 0 Å². The van der Waals surface area contributed by atoms with Gasteiger partial charge in [0.15, 0.2) is 5.82 Å². The maximum atomic E-state index is 13.5. The number of nitrogens with zero attached hydrogens (tertiary/aromatic N) is 2. The highest BCUT2D eigenvalue weighted by molar-refractivity contribution is 5.67.